The Kier molecular flexibility index (Phi) is 3.87. The second kappa shape index (κ2) is 6.13. The van der Waals surface area contributed by atoms with Gasteiger partial charge in [0.1, 0.15) is 5.82 Å². The average Bonchev–Trinajstić information content (AvgIpc) is 2.57. The maximum atomic E-state index is 12.9. The quantitative estimate of drug-likeness (QED) is 0.694. The van der Waals surface area contributed by atoms with Crippen molar-refractivity contribution in [3.63, 3.8) is 0 Å². The molecular formula is C17H11FN2O2. The number of halogens is 1. The van der Waals surface area contributed by atoms with E-state index in [4.69, 9.17) is 4.74 Å². The molecule has 0 fully saturated rings. The van der Waals surface area contributed by atoms with E-state index in [1.807, 2.05) is 6.07 Å². The molecule has 0 aliphatic heterocycles. The maximum absolute atomic E-state index is 12.9. The molecule has 0 saturated heterocycles. The average molecular weight is 294 g/mol. The molecule has 3 aromatic rings. The first-order valence-electron chi connectivity index (χ1n) is 6.59. The monoisotopic (exact) mass is 294 g/mol. The number of nitrogens with zero attached hydrogens (tertiary/aromatic N) is 2. The fraction of sp³-hybridized carbons (Fsp3) is 0. The number of esters is 1. The van der Waals surface area contributed by atoms with E-state index >= 15 is 0 Å². The van der Waals surface area contributed by atoms with E-state index in [1.165, 1.54) is 12.1 Å². The number of benzene rings is 2. The second-order valence-electron chi connectivity index (χ2n) is 4.52. The minimum atomic E-state index is -0.496. The summed E-state index contributed by atoms with van der Waals surface area (Å²) < 4.78 is 18.0. The number of carbonyl (C=O) groups is 1. The minimum Gasteiger partial charge on any atom is -0.402 e. The molecule has 0 spiro atoms. The van der Waals surface area contributed by atoms with Crippen LogP contribution in [0.25, 0.3) is 11.3 Å². The van der Waals surface area contributed by atoms with Gasteiger partial charge in [0.05, 0.1) is 11.3 Å². The highest BCUT2D eigenvalue weighted by molar-refractivity contribution is 5.90. The zero-order valence-corrected chi connectivity index (χ0v) is 11.4. The summed E-state index contributed by atoms with van der Waals surface area (Å²) in [4.78, 5) is 11.9. The molecule has 3 rings (SSSR count). The van der Waals surface area contributed by atoms with E-state index in [0.29, 0.717) is 11.3 Å². The molecule has 108 valence electrons. The lowest BCUT2D eigenvalue weighted by Crippen LogP contribution is -2.09. The summed E-state index contributed by atoms with van der Waals surface area (Å²) >= 11 is 0. The summed E-state index contributed by atoms with van der Waals surface area (Å²) in [5.41, 5.74) is 1.74. The van der Waals surface area contributed by atoms with Crippen LogP contribution in [-0.4, -0.2) is 16.2 Å². The normalized spacial score (nSPS) is 10.2. The predicted molar refractivity (Wildman–Crippen MR) is 78.8 cm³/mol. The molecule has 4 nitrogen and oxygen atoms in total. The molecule has 0 saturated carbocycles. The van der Waals surface area contributed by atoms with Crippen molar-refractivity contribution in [3.8, 4) is 17.1 Å². The molecule has 5 heteroatoms. The van der Waals surface area contributed by atoms with Crippen molar-refractivity contribution in [1.82, 2.24) is 10.2 Å². The van der Waals surface area contributed by atoms with Gasteiger partial charge < -0.3 is 4.74 Å². The van der Waals surface area contributed by atoms with Gasteiger partial charge in [-0.15, -0.1) is 10.2 Å². The van der Waals surface area contributed by atoms with Crippen LogP contribution in [0.1, 0.15) is 10.4 Å². The smallest absolute Gasteiger partial charge is 0.344 e. The summed E-state index contributed by atoms with van der Waals surface area (Å²) in [6, 6.07) is 17.7. The largest absolute Gasteiger partial charge is 0.402 e. The Balaban J connectivity index is 1.74. The first kappa shape index (κ1) is 13.9. The molecule has 0 atom stereocenters. The fourth-order valence-corrected chi connectivity index (χ4v) is 1.88. The summed E-state index contributed by atoms with van der Waals surface area (Å²) in [5, 5.41) is 7.83. The fourth-order valence-electron chi connectivity index (χ4n) is 1.88. The van der Waals surface area contributed by atoms with E-state index in [-0.39, 0.29) is 11.7 Å². The van der Waals surface area contributed by atoms with Gasteiger partial charge in [-0.1, -0.05) is 18.2 Å². The first-order valence-corrected chi connectivity index (χ1v) is 6.59. The van der Waals surface area contributed by atoms with Gasteiger partial charge in [-0.2, -0.15) is 0 Å². The van der Waals surface area contributed by atoms with E-state index in [1.54, 1.807) is 48.5 Å². The lowest BCUT2D eigenvalue weighted by molar-refractivity contribution is 0.0726. The van der Waals surface area contributed by atoms with Crippen LogP contribution in [-0.2, 0) is 0 Å². The van der Waals surface area contributed by atoms with Crippen molar-refractivity contribution >= 4 is 5.97 Å². The van der Waals surface area contributed by atoms with Gasteiger partial charge >= 0.3 is 5.97 Å². The van der Waals surface area contributed by atoms with Crippen LogP contribution < -0.4 is 4.74 Å². The van der Waals surface area contributed by atoms with E-state index in [2.05, 4.69) is 10.2 Å². The summed E-state index contributed by atoms with van der Waals surface area (Å²) in [7, 11) is 0. The third-order valence-corrected chi connectivity index (χ3v) is 2.99. The molecule has 1 heterocycles. The van der Waals surface area contributed by atoms with Gasteiger partial charge in [0.2, 0.25) is 5.88 Å². The van der Waals surface area contributed by atoms with Gasteiger partial charge in [-0.05, 0) is 42.5 Å². The SMILES string of the molecule is O=C(Oc1ccc(-c2ccc(F)cc2)nn1)c1ccccc1. The Bertz CT molecular complexity index is 772. The van der Waals surface area contributed by atoms with Crippen LogP contribution in [0.5, 0.6) is 5.88 Å². The molecule has 0 aliphatic rings. The molecular weight excluding hydrogens is 283 g/mol. The number of ether oxygens (including phenoxy) is 1. The van der Waals surface area contributed by atoms with Crippen LogP contribution in [0.3, 0.4) is 0 Å². The van der Waals surface area contributed by atoms with Crippen molar-refractivity contribution in [2.24, 2.45) is 0 Å². The predicted octanol–water partition coefficient (Wildman–Crippen LogP) is 3.50. The Morgan fingerprint density at radius 1 is 0.864 bits per heavy atom. The lowest BCUT2D eigenvalue weighted by atomic mass is 10.1. The number of aromatic nitrogens is 2. The van der Waals surface area contributed by atoms with Gasteiger partial charge in [-0.25, -0.2) is 9.18 Å². The topological polar surface area (TPSA) is 52.1 Å². The molecule has 0 amide bonds. The Labute approximate surface area is 126 Å². The number of hydrogen-bond acceptors (Lipinski definition) is 4. The number of rotatable bonds is 3. The van der Waals surface area contributed by atoms with Gasteiger partial charge in [-0.3, -0.25) is 0 Å². The molecule has 1 aromatic heterocycles. The van der Waals surface area contributed by atoms with Crippen LogP contribution in [0.15, 0.2) is 66.7 Å². The lowest BCUT2D eigenvalue weighted by Gasteiger charge is -2.04. The van der Waals surface area contributed by atoms with Crippen LogP contribution in [0.4, 0.5) is 4.39 Å². The molecule has 22 heavy (non-hydrogen) atoms. The van der Waals surface area contributed by atoms with Crippen LogP contribution in [0, 0.1) is 5.82 Å². The van der Waals surface area contributed by atoms with Crippen LogP contribution in [0.2, 0.25) is 0 Å². The van der Waals surface area contributed by atoms with Gasteiger partial charge in [0, 0.05) is 11.6 Å². The molecule has 0 bridgehead atoms. The first-order chi connectivity index (χ1) is 10.7. The molecule has 0 radical (unpaired) electrons. The van der Waals surface area contributed by atoms with Crippen molar-refractivity contribution in [2.45, 2.75) is 0 Å². The molecule has 0 unspecified atom stereocenters. The van der Waals surface area contributed by atoms with Crippen molar-refractivity contribution in [3.05, 3.63) is 78.1 Å². The van der Waals surface area contributed by atoms with Gasteiger partial charge in [0.15, 0.2) is 0 Å². The van der Waals surface area contributed by atoms with Crippen molar-refractivity contribution in [1.29, 1.82) is 0 Å². The van der Waals surface area contributed by atoms with E-state index in [0.717, 1.165) is 5.56 Å². The van der Waals surface area contributed by atoms with Crippen molar-refractivity contribution < 1.29 is 13.9 Å². The summed E-state index contributed by atoms with van der Waals surface area (Å²) in [6.45, 7) is 0. The third-order valence-electron chi connectivity index (χ3n) is 2.99. The zero-order chi connectivity index (χ0) is 15.4. The van der Waals surface area contributed by atoms with E-state index < -0.39 is 5.97 Å². The summed E-state index contributed by atoms with van der Waals surface area (Å²) in [6.07, 6.45) is 0. The highest BCUT2D eigenvalue weighted by Crippen LogP contribution is 2.18. The Morgan fingerprint density at radius 3 is 2.23 bits per heavy atom. The van der Waals surface area contributed by atoms with Crippen molar-refractivity contribution in [2.75, 3.05) is 0 Å². The van der Waals surface area contributed by atoms with Crippen LogP contribution >= 0.6 is 0 Å². The highest BCUT2D eigenvalue weighted by atomic mass is 19.1. The highest BCUT2D eigenvalue weighted by Gasteiger charge is 2.09. The third kappa shape index (κ3) is 3.15. The van der Waals surface area contributed by atoms with E-state index in [9.17, 15) is 9.18 Å². The number of carbonyl (C=O) groups excluding carboxylic acids is 1. The molecule has 0 N–H and O–H groups in total. The Hall–Kier alpha value is -3.08. The van der Waals surface area contributed by atoms with Gasteiger partial charge in [0.25, 0.3) is 0 Å². The summed E-state index contributed by atoms with van der Waals surface area (Å²) in [5.74, 6) is -0.700. The Morgan fingerprint density at radius 2 is 1.59 bits per heavy atom. The zero-order valence-electron chi connectivity index (χ0n) is 11.4. The molecule has 0 aliphatic carbocycles. The maximum Gasteiger partial charge on any atom is 0.344 e. The molecule has 2 aromatic carbocycles. The minimum absolute atomic E-state index is 0.111. The second-order valence-corrected chi connectivity index (χ2v) is 4.52. The number of hydrogen-bond donors (Lipinski definition) is 0. The standard InChI is InChI=1S/C17H11FN2O2/c18-14-8-6-12(7-9-14)15-10-11-16(20-19-15)22-17(21)13-4-2-1-3-5-13/h1-11H.